The number of hydrogen-bond donors (Lipinski definition) is 0. The minimum absolute atomic E-state index is 0.157. The largest absolute Gasteiger partial charge is 0.310 e. The summed E-state index contributed by atoms with van der Waals surface area (Å²) in [7, 11) is 0. The molecule has 1 nitrogen and oxygen atoms in total. The Morgan fingerprint density at radius 2 is 0.691 bits per heavy atom. The molecule has 0 atom stereocenters. The standard InChI is InChI=1S/C67H51N/c1-65(2)57-27-16-14-25-52(57)54-39-36-50(42-61(54)65)68(63-30-18-29-59-64(63)56-26-15-17-28-58(56)67(59,48-21-10-6-11-22-48)49-23-12-7-13-24-49)51-37-40-55-53-38-35-47(41-60(53)66(3,4)62(55)43-51)46-33-31-45(32-34-46)44-19-8-5-9-20-44/h5-43H,1-4H3. The van der Waals surface area contributed by atoms with Crippen molar-refractivity contribution in [3.05, 3.63) is 281 Å². The summed E-state index contributed by atoms with van der Waals surface area (Å²) in [5.74, 6) is 0. The molecule has 3 aliphatic carbocycles. The Balaban J connectivity index is 1.01. The van der Waals surface area contributed by atoms with E-state index in [9.17, 15) is 0 Å². The summed E-state index contributed by atoms with van der Waals surface area (Å²) >= 11 is 0. The van der Waals surface area contributed by atoms with Crippen LogP contribution in [-0.2, 0) is 16.2 Å². The van der Waals surface area contributed by atoms with E-state index in [1.165, 1.54) is 106 Å². The highest BCUT2D eigenvalue weighted by Crippen LogP contribution is 2.61. The predicted molar refractivity (Wildman–Crippen MR) is 284 cm³/mol. The smallest absolute Gasteiger partial charge is 0.0714 e. The summed E-state index contributed by atoms with van der Waals surface area (Å²) in [5.41, 5.74) is 25.9. The molecule has 0 bridgehead atoms. The highest BCUT2D eigenvalue weighted by molar-refractivity contribution is 5.99. The van der Waals surface area contributed by atoms with Crippen molar-refractivity contribution in [3.8, 4) is 55.6 Å². The summed E-state index contributed by atoms with van der Waals surface area (Å²) in [6.07, 6.45) is 0. The maximum Gasteiger partial charge on any atom is 0.0714 e. The first-order chi connectivity index (χ1) is 33.2. The zero-order valence-corrected chi connectivity index (χ0v) is 39.0. The molecule has 0 unspecified atom stereocenters. The van der Waals surface area contributed by atoms with Crippen LogP contribution >= 0.6 is 0 Å². The van der Waals surface area contributed by atoms with Crippen molar-refractivity contribution in [2.24, 2.45) is 0 Å². The Hall–Kier alpha value is -8.00. The summed E-state index contributed by atoms with van der Waals surface area (Å²) in [4.78, 5) is 2.57. The molecular weight excluding hydrogens is 819 g/mol. The molecule has 68 heavy (non-hydrogen) atoms. The van der Waals surface area contributed by atoms with Crippen molar-refractivity contribution in [2.45, 2.75) is 43.9 Å². The Morgan fingerprint density at radius 1 is 0.279 bits per heavy atom. The SMILES string of the molecule is CC1(C)c2ccccc2-c2ccc(N(c3ccc4c(c3)C(C)(C)c3cc(-c5ccc(-c6ccccc6)cc5)ccc3-4)c3cccc4c3-c3ccccc3C4(c3ccccc3)c3ccccc3)cc21. The van der Waals surface area contributed by atoms with Gasteiger partial charge in [0.1, 0.15) is 0 Å². The van der Waals surface area contributed by atoms with E-state index < -0.39 is 5.41 Å². The first-order valence-electron chi connectivity index (χ1n) is 24.1. The molecule has 0 saturated heterocycles. The average Bonchev–Trinajstić information content (AvgIpc) is 3.92. The van der Waals surface area contributed by atoms with Crippen LogP contribution in [0.1, 0.15) is 72.2 Å². The fourth-order valence-electron chi connectivity index (χ4n) is 12.4. The third-order valence-electron chi connectivity index (χ3n) is 15.8. The monoisotopic (exact) mass is 869 g/mol. The van der Waals surface area contributed by atoms with Crippen LogP contribution in [-0.4, -0.2) is 0 Å². The normalized spacial score (nSPS) is 14.8. The topological polar surface area (TPSA) is 3.24 Å². The van der Waals surface area contributed by atoms with Crippen molar-refractivity contribution >= 4 is 17.1 Å². The van der Waals surface area contributed by atoms with E-state index >= 15 is 0 Å². The third kappa shape index (κ3) is 5.75. The van der Waals surface area contributed by atoms with Crippen LogP contribution in [0.4, 0.5) is 17.1 Å². The highest BCUT2D eigenvalue weighted by Gasteiger charge is 2.48. The quantitative estimate of drug-likeness (QED) is 0.154. The molecule has 10 aromatic rings. The molecule has 0 amide bonds. The molecule has 0 N–H and O–H groups in total. The molecule has 13 rings (SSSR count). The molecule has 0 spiro atoms. The lowest BCUT2D eigenvalue weighted by molar-refractivity contribution is 0.660. The van der Waals surface area contributed by atoms with E-state index in [1.807, 2.05) is 0 Å². The lowest BCUT2D eigenvalue weighted by Crippen LogP contribution is -2.28. The van der Waals surface area contributed by atoms with Crippen molar-refractivity contribution in [2.75, 3.05) is 4.90 Å². The number of hydrogen-bond acceptors (Lipinski definition) is 1. The van der Waals surface area contributed by atoms with Gasteiger partial charge in [-0.1, -0.05) is 228 Å². The van der Waals surface area contributed by atoms with Crippen LogP contribution < -0.4 is 4.90 Å². The van der Waals surface area contributed by atoms with Crippen molar-refractivity contribution in [1.29, 1.82) is 0 Å². The maximum absolute atomic E-state index is 2.57. The molecule has 0 aromatic heterocycles. The molecule has 1 heteroatoms. The summed E-state index contributed by atoms with van der Waals surface area (Å²) in [5, 5.41) is 0. The number of benzene rings is 10. The molecular formula is C67H51N. The van der Waals surface area contributed by atoms with Crippen molar-refractivity contribution in [3.63, 3.8) is 0 Å². The summed E-state index contributed by atoms with van der Waals surface area (Å²) < 4.78 is 0. The molecule has 0 radical (unpaired) electrons. The number of anilines is 3. The van der Waals surface area contributed by atoms with E-state index in [1.54, 1.807) is 0 Å². The average molecular weight is 870 g/mol. The molecule has 10 aromatic carbocycles. The van der Waals surface area contributed by atoms with Gasteiger partial charge in [0.25, 0.3) is 0 Å². The van der Waals surface area contributed by atoms with Crippen LogP contribution in [0.25, 0.3) is 55.6 Å². The number of nitrogens with zero attached hydrogens (tertiary/aromatic N) is 1. The van der Waals surface area contributed by atoms with Crippen molar-refractivity contribution < 1.29 is 0 Å². The second-order valence-electron chi connectivity index (χ2n) is 20.0. The maximum atomic E-state index is 2.57. The van der Waals surface area contributed by atoms with E-state index in [0.717, 1.165) is 11.4 Å². The summed E-state index contributed by atoms with van der Waals surface area (Å²) in [6.45, 7) is 9.59. The van der Waals surface area contributed by atoms with Gasteiger partial charge in [0.2, 0.25) is 0 Å². The first kappa shape index (κ1) is 40.3. The molecule has 0 aliphatic heterocycles. The summed E-state index contributed by atoms with van der Waals surface area (Å²) in [6, 6.07) is 88.7. The fourth-order valence-corrected chi connectivity index (χ4v) is 12.4. The van der Waals surface area contributed by atoms with E-state index in [-0.39, 0.29) is 10.8 Å². The molecule has 0 fully saturated rings. The van der Waals surface area contributed by atoms with Crippen LogP contribution in [0.5, 0.6) is 0 Å². The third-order valence-corrected chi connectivity index (χ3v) is 15.8. The van der Waals surface area contributed by atoms with Crippen LogP contribution in [0, 0.1) is 0 Å². The number of fused-ring (bicyclic) bond motifs is 9. The minimum atomic E-state index is -0.515. The Morgan fingerprint density at radius 3 is 1.29 bits per heavy atom. The predicted octanol–water partition coefficient (Wildman–Crippen LogP) is 17.5. The van der Waals surface area contributed by atoms with Gasteiger partial charge < -0.3 is 4.90 Å². The highest BCUT2D eigenvalue weighted by atomic mass is 15.1. The van der Waals surface area contributed by atoms with Gasteiger partial charge in [0, 0.05) is 27.8 Å². The van der Waals surface area contributed by atoms with Crippen LogP contribution in [0.2, 0.25) is 0 Å². The van der Waals surface area contributed by atoms with Gasteiger partial charge in [-0.25, -0.2) is 0 Å². The van der Waals surface area contributed by atoms with Gasteiger partial charge in [-0.15, -0.1) is 0 Å². The Labute approximate surface area is 400 Å². The van der Waals surface area contributed by atoms with E-state index in [4.69, 9.17) is 0 Å². The van der Waals surface area contributed by atoms with Gasteiger partial charge in [-0.05, 0) is 131 Å². The van der Waals surface area contributed by atoms with Crippen molar-refractivity contribution in [1.82, 2.24) is 0 Å². The lowest BCUT2D eigenvalue weighted by atomic mass is 9.68. The molecule has 3 aliphatic rings. The second-order valence-corrected chi connectivity index (χ2v) is 20.0. The first-order valence-corrected chi connectivity index (χ1v) is 24.1. The Kier molecular flexibility index (Phi) is 8.89. The zero-order chi connectivity index (χ0) is 45.8. The van der Waals surface area contributed by atoms with Crippen LogP contribution in [0.15, 0.2) is 237 Å². The fraction of sp³-hybridized carbons (Fsp3) is 0.104. The second kappa shape index (κ2) is 15.0. The lowest BCUT2D eigenvalue weighted by Gasteiger charge is -2.34. The Bertz CT molecular complexity index is 3560. The number of rotatable bonds is 7. The minimum Gasteiger partial charge on any atom is -0.310 e. The molecule has 0 heterocycles. The van der Waals surface area contributed by atoms with Gasteiger partial charge >= 0.3 is 0 Å². The van der Waals surface area contributed by atoms with E-state index in [2.05, 4.69) is 269 Å². The molecule has 324 valence electrons. The molecule has 0 saturated carbocycles. The van der Waals surface area contributed by atoms with Gasteiger partial charge in [-0.2, -0.15) is 0 Å². The zero-order valence-electron chi connectivity index (χ0n) is 39.0. The van der Waals surface area contributed by atoms with Gasteiger partial charge in [0.15, 0.2) is 0 Å². The van der Waals surface area contributed by atoms with Crippen LogP contribution in [0.3, 0.4) is 0 Å². The van der Waals surface area contributed by atoms with Gasteiger partial charge in [-0.3, -0.25) is 0 Å². The van der Waals surface area contributed by atoms with E-state index in [0.29, 0.717) is 0 Å². The van der Waals surface area contributed by atoms with Gasteiger partial charge in [0.05, 0.1) is 11.1 Å².